The molecule has 1 fully saturated rings. The number of nitrogens with one attached hydrogen (secondary N) is 1. The maximum Gasteiger partial charge on any atom is 0.256 e. The van der Waals surface area contributed by atoms with E-state index in [1.807, 2.05) is 6.07 Å². The van der Waals surface area contributed by atoms with Crippen LogP contribution >= 0.6 is 15.9 Å². The Bertz CT molecular complexity index is 884. The van der Waals surface area contributed by atoms with Gasteiger partial charge in [-0.15, -0.1) is 0 Å². The van der Waals surface area contributed by atoms with E-state index in [9.17, 15) is 9.59 Å². The molecule has 0 saturated carbocycles. The first-order chi connectivity index (χ1) is 11.5. The fraction of sp³-hybridized carbons (Fsp3) is 0.444. The molecule has 5 nitrogen and oxygen atoms in total. The Hall–Kier alpha value is -1.66. The number of ether oxygens (including phenoxy) is 1. The second kappa shape index (κ2) is 6.01. The summed E-state index contributed by atoms with van der Waals surface area (Å²) in [5.41, 5.74) is 2.10. The summed E-state index contributed by atoms with van der Waals surface area (Å²) >= 11 is 3.47. The van der Waals surface area contributed by atoms with E-state index < -0.39 is 0 Å². The van der Waals surface area contributed by atoms with Crippen LogP contribution in [0.1, 0.15) is 41.7 Å². The predicted molar refractivity (Wildman–Crippen MR) is 95.6 cm³/mol. The van der Waals surface area contributed by atoms with Crippen LogP contribution in [0.25, 0.3) is 10.9 Å². The topological polar surface area (TPSA) is 60.3 Å². The zero-order valence-electron chi connectivity index (χ0n) is 13.5. The van der Waals surface area contributed by atoms with Crippen molar-refractivity contribution in [2.24, 2.45) is 0 Å². The molecule has 2 aliphatic heterocycles. The van der Waals surface area contributed by atoms with E-state index in [1.165, 1.54) is 0 Å². The van der Waals surface area contributed by atoms with Crippen molar-refractivity contribution >= 4 is 32.7 Å². The number of halogens is 1. The summed E-state index contributed by atoms with van der Waals surface area (Å²) in [7, 11) is 0. The third kappa shape index (κ3) is 2.58. The summed E-state index contributed by atoms with van der Waals surface area (Å²) in [5.74, 6) is -0.318. The van der Waals surface area contributed by atoms with Crippen molar-refractivity contribution in [1.29, 1.82) is 0 Å². The summed E-state index contributed by atoms with van der Waals surface area (Å²) in [4.78, 5) is 25.4. The predicted octanol–water partition coefficient (Wildman–Crippen LogP) is 2.79. The van der Waals surface area contributed by atoms with E-state index in [0.717, 1.165) is 41.4 Å². The molecule has 1 N–H and O–H groups in total. The lowest BCUT2D eigenvalue weighted by Gasteiger charge is -2.14. The van der Waals surface area contributed by atoms with Gasteiger partial charge in [0.1, 0.15) is 5.56 Å². The van der Waals surface area contributed by atoms with Gasteiger partial charge in [-0.05, 0) is 43.9 Å². The first-order valence-electron chi connectivity index (χ1n) is 8.31. The molecule has 24 heavy (non-hydrogen) atoms. The molecule has 4 rings (SSSR count). The molecule has 1 aromatic carbocycles. The number of benzene rings is 1. The Kier molecular flexibility index (Phi) is 3.96. The smallest absolute Gasteiger partial charge is 0.256 e. The first-order valence-corrected chi connectivity index (χ1v) is 9.11. The molecule has 0 aliphatic carbocycles. The number of hydrogen-bond acceptors (Lipinski definition) is 3. The van der Waals surface area contributed by atoms with Crippen molar-refractivity contribution in [3.63, 3.8) is 0 Å². The number of aromatic nitrogens is 1. The van der Waals surface area contributed by atoms with Gasteiger partial charge in [-0.3, -0.25) is 9.59 Å². The molecule has 6 heteroatoms. The maximum absolute atomic E-state index is 12.8. The highest BCUT2D eigenvalue weighted by Crippen LogP contribution is 2.33. The van der Waals surface area contributed by atoms with Crippen LogP contribution in [0.3, 0.4) is 0 Å². The van der Waals surface area contributed by atoms with Crippen LogP contribution in [-0.4, -0.2) is 29.7 Å². The number of carbonyl (C=O) groups is 1. The molecule has 0 spiro atoms. The van der Waals surface area contributed by atoms with Gasteiger partial charge in [0.15, 0.2) is 0 Å². The average Bonchev–Trinajstić information content (AvgIpc) is 3.16. The molecule has 3 heterocycles. The summed E-state index contributed by atoms with van der Waals surface area (Å²) in [6, 6.07) is 4.10. The number of amides is 1. The minimum absolute atomic E-state index is 0.0620. The van der Waals surface area contributed by atoms with Crippen LogP contribution in [0.15, 0.2) is 27.6 Å². The van der Waals surface area contributed by atoms with Crippen LogP contribution in [0.5, 0.6) is 0 Å². The highest BCUT2D eigenvalue weighted by molar-refractivity contribution is 9.10. The molecule has 1 aromatic heterocycles. The minimum Gasteiger partial charge on any atom is -0.376 e. The van der Waals surface area contributed by atoms with Gasteiger partial charge < -0.3 is 14.6 Å². The van der Waals surface area contributed by atoms with Gasteiger partial charge in [0, 0.05) is 35.2 Å². The molecule has 2 atom stereocenters. The normalized spacial score (nSPS) is 22.2. The first kappa shape index (κ1) is 15.8. The van der Waals surface area contributed by atoms with Gasteiger partial charge in [0.05, 0.1) is 11.6 Å². The lowest BCUT2D eigenvalue weighted by Crippen LogP contribution is -2.35. The quantitative estimate of drug-likeness (QED) is 0.876. The number of nitrogens with zero attached hydrogens (tertiary/aromatic N) is 1. The zero-order chi connectivity index (χ0) is 16.8. The fourth-order valence-corrected chi connectivity index (χ4v) is 4.23. The van der Waals surface area contributed by atoms with E-state index in [1.54, 1.807) is 6.20 Å². The van der Waals surface area contributed by atoms with Crippen LogP contribution in [-0.2, 0) is 11.2 Å². The Balaban J connectivity index is 1.73. The van der Waals surface area contributed by atoms with Gasteiger partial charge in [0.25, 0.3) is 5.91 Å². The van der Waals surface area contributed by atoms with Gasteiger partial charge >= 0.3 is 0 Å². The van der Waals surface area contributed by atoms with Crippen LogP contribution in [0.4, 0.5) is 0 Å². The van der Waals surface area contributed by atoms with Gasteiger partial charge in [0.2, 0.25) is 5.43 Å². The van der Waals surface area contributed by atoms with E-state index in [0.29, 0.717) is 11.9 Å². The number of pyridine rings is 1. The van der Waals surface area contributed by atoms with Gasteiger partial charge in [-0.25, -0.2) is 0 Å². The Morgan fingerprint density at radius 2 is 2.29 bits per heavy atom. The molecular weight excluding hydrogens is 372 g/mol. The minimum atomic E-state index is -0.318. The number of hydrogen-bond donors (Lipinski definition) is 1. The monoisotopic (exact) mass is 390 g/mol. The highest BCUT2D eigenvalue weighted by atomic mass is 79.9. The molecule has 126 valence electrons. The Morgan fingerprint density at radius 1 is 1.46 bits per heavy atom. The molecular formula is C18H19BrN2O3. The average molecular weight is 391 g/mol. The second-order valence-corrected chi connectivity index (χ2v) is 7.55. The molecule has 0 radical (unpaired) electrons. The van der Waals surface area contributed by atoms with Crippen molar-refractivity contribution in [1.82, 2.24) is 9.88 Å². The van der Waals surface area contributed by atoms with E-state index >= 15 is 0 Å². The van der Waals surface area contributed by atoms with Crippen molar-refractivity contribution in [3.8, 4) is 0 Å². The number of carbonyl (C=O) groups excluding carboxylic acids is 1. The lowest BCUT2D eigenvalue weighted by atomic mass is 10.1. The standard InChI is InChI=1S/C18H19BrN2O3/c1-10-5-11-6-12(19)7-14-16(11)21(10)9-15(17(14)22)18(23)20-8-13-3-2-4-24-13/h6-7,9-10,13H,2-5,8H2,1H3,(H,20,23). The summed E-state index contributed by atoms with van der Waals surface area (Å²) in [6.07, 6.45) is 4.63. The van der Waals surface area contributed by atoms with Crippen LogP contribution < -0.4 is 10.7 Å². The van der Waals surface area contributed by atoms with Crippen molar-refractivity contribution in [3.05, 3.63) is 44.2 Å². The molecule has 2 unspecified atom stereocenters. The largest absolute Gasteiger partial charge is 0.376 e. The van der Waals surface area contributed by atoms with Gasteiger partial charge in [-0.1, -0.05) is 15.9 Å². The SMILES string of the molecule is CC1Cc2cc(Br)cc3c(=O)c(C(=O)NCC4CCCO4)cn1c23. The van der Waals surface area contributed by atoms with Crippen molar-refractivity contribution in [2.75, 3.05) is 13.2 Å². The molecule has 0 bridgehead atoms. The third-order valence-electron chi connectivity index (χ3n) is 4.92. The molecule has 2 aromatic rings. The third-order valence-corrected chi connectivity index (χ3v) is 5.38. The van der Waals surface area contributed by atoms with Crippen LogP contribution in [0.2, 0.25) is 0 Å². The second-order valence-electron chi connectivity index (χ2n) is 6.64. The van der Waals surface area contributed by atoms with Crippen LogP contribution in [0, 0.1) is 0 Å². The van der Waals surface area contributed by atoms with E-state index in [2.05, 4.69) is 38.8 Å². The number of rotatable bonds is 3. The summed E-state index contributed by atoms with van der Waals surface area (Å²) < 4.78 is 8.45. The van der Waals surface area contributed by atoms with Crippen molar-refractivity contribution < 1.29 is 9.53 Å². The highest BCUT2D eigenvalue weighted by Gasteiger charge is 2.25. The Morgan fingerprint density at radius 3 is 3.04 bits per heavy atom. The summed E-state index contributed by atoms with van der Waals surface area (Å²) in [5, 5.41) is 3.46. The van der Waals surface area contributed by atoms with E-state index in [4.69, 9.17) is 4.74 Å². The maximum atomic E-state index is 12.8. The molecule has 1 amide bonds. The Labute approximate surface area is 148 Å². The molecule has 1 saturated heterocycles. The molecule has 2 aliphatic rings. The van der Waals surface area contributed by atoms with Crippen molar-refractivity contribution in [2.45, 2.75) is 38.3 Å². The lowest BCUT2D eigenvalue weighted by molar-refractivity contribution is 0.0856. The summed E-state index contributed by atoms with van der Waals surface area (Å²) in [6.45, 7) is 3.30. The fourth-order valence-electron chi connectivity index (χ4n) is 3.73. The van der Waals surface area contributed by atoms with E-state index in [-0.39, 0.29) is 29.0 Å². The zero-order valence-corrected chi connectivity index (χ0v) is 15.1. The van der Waals surface area contributed by atoms with Gasteiger partial charge in [-0.2, -0.15) is 0 Å².